The molecule has 1 heterocycles. The van der Waals surface area contributed by atoms with Gasteiger partial charge in [0.25, 0.3) is 0 Å². The van der Waals surface area contributed by atoms with Gasteiger partial charge >= 0.3 is 0 Å². The molecular weight excluding hydrogens is 174 g/mol. The first-order valence-electron chi connectivity index (χ1n) is 4.97. The van der Waals surface area contributed by atoms with Crippen molar-refractivity contribution in [3.63, 3.8) is 0 Å². The van der Waals surface area contributed by atoms with E-state index in [4.69, 9.17) is 4.42 Å². The lowest BCUT2D eigenvalue weighted by Crippen LogP contribution is -2.07. The predicted molar refractivity (Wildman–Crippen MR) is 59.5 cm³/mol. The Morgan fingerprint density at radius 2 is 2.14 bits per heavy atom. The van der Waals surface area contributed by atoms with E-state index >= 15 is 0 Å². The Bertz CT molecular complexity index is 417. The molecule has 0 atom stereocenters. The van der Waals surface area contributed by atoms with E-state index in [1.54, 1.807) is 6.26 Å². The molecule has 74 valence electrons. The maximum atomic E-state index is 5.33. The number of fused-ring (bicyclic) bond motifs is 1. The fourth-order valence-electron chi connectivity index (χ4n) is 1.39. The van der Waals surface area contributed by atoms with Crippen molar-refractivity contribution >= 4 is 16.7 Å². The fourth-order valence-corrected chi connectivity index (χ4v) is 1.39. The number of benzene rings is 1. The monoisotopic (exact) mass is 189 g/mol. The molecule has 0 bridgehead atoms. The van der Waals surface area contributed by atoms with Gasteiger partial charge in [0.2, 0.25) is 0 Å². The maximum absolute atomic E-state index is 5.33. The number of furan rings is 1. The van der Waals surface area contributed by atoms with Crippen LogP contribution in [0.15, 0.2) is 34.9 Å². The lowest BCUT2D eigenvalue weighted by Gasteiger charge is -2.08. The molecule has 0 fully saturated rings. The Balaban J connectivity index is 2.17. The van der Waals surface area contributed by atoms with Crippen LogP contribution in [0.5, 0.6) is 0 Å². The average Bonchev–Trinajstić information content (AvgIpc) is 2.61. The minimum absolute atomic E-state index is 0.655. The van der Waals surface area contributed by atoms with E-state index in [1.165, 1.54) is 0 Å². The summed E-state index contributed by atoms with van der Waals surface area (Å²) in [6.07, 6.45) is 1.72. The van der Waals surface area contributed by atoms with E-state index in [9.17, 15) is 0 Å². The highest BCUT2D eigenvalue weighted by Gasteiger charge is 1.99. The van der Waals surface area contributed by atoms with Crippen molar-refractivity contribution in [2.24, 2.45) is 5.92 Å². The summed E-state index contributed by atoms with van der Waals surface area (Å²) >= 11 is 0. The van der Waals surface area contributed by atoms with Crippen LogP contribution in [0.4, 0.5) is 5.69 Å². The lowest BCUT2D eigenvalue weighted by molar-refractivity contribution is 0.616. The van der Waals surface area contributed by atoms with Crippen LogP contribution >= 0.6 is 0 Å². The van der Waals surface area contributed by atoms with E-state index in [2.05, 4.69) is 31.3 Å². The number of nitrogens with one attached hydrogen (secondary N) is 1. The molecule has 0 saturated heterocycles. The summed E-state index contributed by atoms with van der Waals surface area (Å²) in [4.78, 5) is 0. The third-order valence-corrected chi connectivity index (χ3v) is 2.17. The van der Waals surface area contributed by atoms with Crippen molar-refractivity contribution in [3.8, 4) is 0 Å². The first kappa shape index (κ1) is 9.13. The van der Waals surface area contributed by atoms with Crippen molar-refractivity contribution < 1.29 is 4.42 Å². The summed E-state index contributed by atoms with van der Waals surface area (Å²) in [5, 5.41) is 4.52. The summed E-state index contributed by atoms with van der Waals surface area (Å²) in [6, 6.07) is 8.17. The SMILES string of the molecule is CC(C)CNc1ccc2ccoc2c1. The van der Waals surface area contributed by atoms with Crippen LogP contribution in [0.3, 0.4) is 0 Å². The molecule has 0 aliphatic heterocycles. The lowest BCUT2D eigenvalue weighted by atomic mass is 10.2. The second-order valence-corrected chi connectivity index (χ2v) is 3.95. The van der Waals surface area contributed by atoms with Gasteiger partial charge in [0, 0.05) is 23.7 Å². The van der Waals surface area contributed by atoms with E-state index < -0.39 is 0 Å². The van der Waals surface area contributed by atoms with Gasteiger partial charge in [0.15, 0.2) is 0 Å². The number of hydrogen-bond donors (Lipinski definition) is 1. The Kier molecular flexibility index (Phi) is 2.44. The molecule has 0 radical (unpaired) electrons. The van der Waals surface area contributed by atoms with Gasteiger partial charge < -0.3 is 9.73 Å². The molecule has 0 amide bonds. The second kappa shape index (κ2) is 3.74. The van der Waals surface area contributed by atoms with Gasteiger partial charge in [-0.2, -0.15) is 0 Å². The van der Waals surface area contributed by atoms with E-state index in [1.807, 2.05) is 12.1 Å². The highest BCUT2D eigenvalue weighted by molar-refractivity contribution is 5.80. The summed E-state index contributed by atoms with van der Waals surface area (Å²) in [6.45, 7) is 5.38. The van der Waals surface area contributed by atoms with Crippen molar-refractivity contribution in [3.05, 3.63) is 30.5 Å². The molecule has 2 aromatic rings. The van der Waals surface area contributed by atoms with Crippen LogP contribution in [0, 0.1) is 5.92 Å². The Hall–Kier alpha value is -1.44. The van der Waals surface area contributed by atoms with Crippen LogP contribution in [0.25, 0.3) is 11.0 Å². The first-order chi connectivity index (χ1) is 6.75. The summed E-state index contributed by atoms with van der Waals surface area (Å²) in [7, 11) is 0. The maximum Gasteiger partial charge on any atom is 0.135 e. The summed E-state index contributed by atoms with van der Waals surface area (Å²) < 4.78 is 5.33. The van der Waals surface area contributed by atoms with Crippen LogP contribution in [-0.2, 0) is 0 Å². The van der Waals surface area contributed by atoms with Crippen molar-refractivity contribution in [1.82, 2.24) is 0 Å². The van der Waals surface area contributed by atoms with Crippen LogP contribution in [0.1, 0.15) is 13.8 Å². The van der Waals surface area contributed by atoms with Gasteiger partial charge in [-0.1, -0.05) is 13.8 Å². The molecule has 14 heavy (non-hydrogen) atoms. The molecule has 1 aromatic carbocycles. The van der Waals surface area contributed by atoms with Gasteiger partial charge in [-0.3, -0.25) is 0 Å². The zero-order valence-corrected chi connectivity index (χ0v) is 8.58. The third-order valence-electron chi connectivity index (χ3n) is 2.17. The van der Waals surface area contributed by atoms with Gasteiger partial charge in [0.05, 0.1) is 6.26 Å². The Labute approximate surface area is 83.9 Å². The molecule has 2 rings (SSSR count). The van der Waals surface area contributed by atoms with Gasteiger partial charge in [-0.05, 0) is 24.1 Å². The molecular formula is C12H15NO. The zero-order valence-electron chi connectivity index (χ0n) is 8.58. The van der Waals surface area contributed by atoms with Gasteiger partial charge in [0.1, 0.15) is 5.58 Å². The molecule has 0 spiro atoms. The van der Waals surface area contributed by atoms with E-state index in [0.717, 1.165) is 23.2 Å². The molecule has 1 N–H and O–H groups in total. The summed E-state index contributed by atoms with van der Waals surface area (Å²) in [5.74, 6) is 0.655. The van der Waals surface area contributed by atoms with Gasteiger partial charge in [-0.25, -0.2) is 0 Å². The Morgan fingerprint density at radius 1 is 1.29 bits per heavy atom. The molecule has 0 saturated carbocycles. The smallest absolute Gasteiger partial charge is 0.135 e. The first-order valence-corrected chi connectivity index (χ1v) is 4.97. The minimum Gasteiger partial charge on any atom is -0.464 e. The largest absolute Gasteiger partial charge is 0.464 e. The van der Waals surface area contributed by atoms with Crippen molar-refractivity contribution in [2.45, 2.75) is 13.8 Å². The van der Waals surface area contributed by atoms with Crippen LogP contribution < -0.4 is 5.32 Å². The molecule has 0 aliphatic carbocycles. The topological polar surface area (TPSA) is 25.2 Å². The average molecular weight is 189 g/mol. The van der Waals surface area contributed by atoms with Crippen molar-refractivity contribution in [1.29, 1.82) is 0 Å². The van der Waals surface area contributed by atoms with Crippen LogP contribution in [0.2, 0.25) is 0 Å². The Morgan fingerprint density at radius 3 is 2.93 bits per heavy atom. The zero-order chi connectivity index (χ0) is 9.97. The summed E-state index contributed by atoms with van der Waals surface area (Å²) in [5.41, 5.74) is 2.07. The molecule has 2 nitrogen and oxygen atoms in total. The minimum atomic E-state index is 0.655. The highest BCUT2D eigenvalue weighted by atomic mass is 16.3. The normalized spacial score (nSPS) is 11.1. The standard InChI is InChI=1S/C12H15NO/c1-9(2)8-13-11-4-3-10-5-6-14-12(10)7-11/h3-7,9,13H,8H2,1-2H3. The third kappa shape index (κ3) is 1.90. The number of rotatable bonds is 3. The van der Waals surface area contributed by atoms with E-state index in [0.29, 0.717) is 5.92 Å². The quantitative estimate of drug-likeness (QED) is 0.799. The predicted octanol–water partition coefficient (Wildman–Crippen LogP) is 3.50. The molecule has 2 heteroatoms. The highest BCUT2D eigenvalue weighted by Crippen LogP contribution is 2.19. The van der Waals surface area contributed by atoms with Crippen LogP contribution in [-0.4, -0.2) is 6.54 Å². The van der Waals surface area contributed by atoms with E-state index in [-0.39, 0.29) is 0 Å². The molecule has 0 aliphatic rings. The van der Waals surface area contributed by atoms with Crippen molar-refractivity contribution in [2.75, 3.05) is 11.9 Å². The number of anilines is 1. The second-order valence-electron chi connectivity index (χ2n) is 3.95. The fraction of sp³-hybridized carbons (Fsp3) is 0.333. The number of hydrogen-bond acceptors (Lipinski definition) is 2. The molecule has 0 unspecified atom stereocenters. The van der Waals surface area contributed by atoms with Gasteiger partial charge in [-0.15, -0.1) is 0 Å². The molecule has 1 aromatic heterocycles.